The smallest absolute Gasteiger partial charge is 0.310 e. The van der Waals surface area contributed by atoms with Gasteiger partial charge in [0.2, 0.25) is 0 Å². The van der Waals surface area contributed by atoms with Gasteiger partial charge in [0.25, 0.3) is 0 Å². The molecule has 0 amide bonds. The van der Waals surface area contributed by atoms with Gasteiger partial charge in [-0.1, -0.05) is 18.2 Å². The quantitative estimate of drug-likeness (QED) is 0.691. The van der Waals surface area contributed by atoms with Crippen LogP contribution in [0, 0.1) is 0 Å². The van der Waals surface area contributed by atoms with Crippen molar-refractivity contribution >= 4 is 35.9 Å². The number of nitrogens with zero attached hydrogens (tertiary/aromatic N) is 2. The molecule has 1 aromatic carbocycles. The van der Waals surface area contributed by atoms with Crippen LogP contribution in [0.15, 0.2) is 59.8 Å². The Hall–Kier alpha value is -1.76. The average molecular weight is 354 g/mol. The molecule has 2 aromatic heterocycles. The number of benzene rings is 1. The van der Waals surface area contributed by atoms with Crippen LogP contribution >= 0.6 is 11.9 Å². The minimum Gasteiger partial charge on any atom is -0.427 e. The summed E-state index contributed by atoms with van der Waals surface area (Å²) in [5, 5.41) is 11.3. The van der Waals surface area contributed by atoms with Crippen molar-refractivity contribution in [2.45, 2.75) is 43.8 Å². The molecule has 0 fully saturated rings. The van der Waals surface area contributed by atoms with Gasteiger partial charge in [-0.05, 0) is 69.4 Å². The van der Waals surface area contributed by atoms with Gasteiger partial charge >= 0.3 is 7.48 Å². The van der Waals surface area contributed by atoms with E-state index in [4.69, 9.17) is 4.65 Å². The molecule has 4 nitrogen and oxygen atoms in total. The standard InChI is InChI=1S/C19H23BN2O2S/c1-18(2,23)19(3,4)24-20-16-10-12-21-17-15(16)11-13-22(17)25-14-8-6-5-7-9-14/h5-13,20,23H,1-4H3. The topological polar surface area (TPSA) is 47.3 Å². The monoisotopic (exact) mass is 354 g/mol. The first-order chi connectivity index (χ1) is 11.8. The predicted octanol–water partition coefficient (Wildman–Crippen LogP) is 3.13. The third-order valence-corrected chi connectivity index (χ3v) is 5.63. The minimum atomic E-state index is -0.922. The summed E-state index contributed by atoms with van der Waals surface area (Å²) in [6.07, 6.45) is 3.83. The van der Waals surface area contributed by atoms with E-state index in [1.165, 1.54) is 0 Å². The number of rotatable bonds is 6. The minimum absolute atomic E-state index is 0.427. The number of hydrogen-bond acceptors (Lipinski definition) is 4. The van der Waals surface area contributed by atoms with Crippen LogP contribution in [-0.2, 0) is 4.65 Å². The van der Waals surface area contributed by atoms with Crippen LogP contribution in [0.25, 0.3) is 11.0 Å². The second-order valence-corrected chi connectivity index (χ2v) is 8.16. The summed E-state index contributed by atoms with van der Waals surface area (Å²) in [4.78, 5) is 5.69. The molecule has 0 bridgehead atoms. The Morgan fingerprint density at radius 2 is 1.80 bits per heavy atom. The van der Waals surface area contributed by atoms with E-state index >= 15 is 0 Å². The maximum Gasteiger partial charge on any atom is 0.310 e. The SMILES string of the molecule is CC(C)(O)C(C)(C)OBc1ccnc2c1ccn2Sc1ccccc1. The molecule has 0 aliphatic rings. The van der Waals surface area contributed by atoms with Crippen LogP contribution in [0.5, 0.6) is 0 Å². The highest BCUT2D eigenvalue weighted by Crippen LogP contribution is 2.26. The van der Waals surface area contributed by atoms with Crippen molar-refractivity contribution < 1.29 is 9.76 Å². The van der Waals surface area contributed by atoms with Crippen molar-refractivity contribution in [2.24, 2.45) is 0 Å². The molecule has 0 spiro atoms. The van der Waals surface area contributed by atoms with Crippen molar-refractivity contribution in [1.29, 1.82) is 0 Å². The molecule has 25 heavy (non-hydrogen) atoms. The summed E-state index contributed by atoms with van der Waals surface area (Å²) in [5.74, 6) is 0. The molecule has 0 atom stereocenters. The molecule has 3 rings (SSSR count). The lowest BCUT2D eigenvalue weighted by Gasteiger charge is -2.37. The largest absolute Gasteiger partial charge is 0.427 e. The van der Waals surface area contributed by atoms with Crippen molar-refractivity contribution in [3.8, 4) is 0 Å². The Morgan fingerprint density at radius 1 is 1.08 bits per heavy atom. The van der Waals surface area contributed by atoms with E-state index in [1.54, 1.807) is 32.0 Å². The Bertz CT molecular complexity index is 857. The van der Waals surface area contributed by atoms with E-state index in [2.05, 4.69) is 27.2 Å². The Balaban J connectivity index is 1.84. The van der Waals surface area contributed by atoms with Crippen LogP contribution < -0.4 is 5.46 Å². The fourth-order valence-electron chi connectivity index (χ4n) is 2.30. The van der Waals surface area contributed by atoms with Gasteiger partial charge in [0.05, 0.1) is 11.2 Å². The van der Waals surface area contributed by atoms with Crippen molar-refractivity contribution in [1.82, 2.24) is 8.96 Å². The van der Waals surface area contributed by atoms with Crippen molar-refractivity contribution in [3.63, 3.8) is 0 Å². The van der Waals surface area contributed by atoms with E-state index in [0.29, 0.717) is 7.48 Å². The highest BCUT2D eigenvalue weighted by atomic mass is 32.2. The highest BCUT2D eigenvalue weighted by Gasteiger charge is 2.35. The van der Waals surface area contributed by atoms with Crippen LogP contribution in [0.3, 0.4) is 0 Å². The van der Waals surface area contributed by atoms with Gasteiger partial charge in [-0.3, -0.25) is 3.97 Å². The van der Waals surface area contributed by atoms with E-state index in [1.807, 2.05) is 44.3 Å². The first kappa shape index (κ1) is 18.0. The summed E-state index contributed by atoms with van der Waals surface area (Å²) in [5.41, 5.74) is 0.406. The second kappa shape index (κ2) is 6.86. The zero-order chi connectivity index (χ0) is 18.1. The lowest BCUT2D eigenvalue weighted by molar-refractivity contribution is -0.0893. The predicted molar refractivity (Wildman–Crippen MR) is 106 cm³/mol. The van der Waals surface area contributed by atoms with Crippen molar-refractivity contribution in [2.75, 3.05) is 0 Å². The van der Waals surface area contributed by atoms with Crippen LogP contribution in [0.2, 0.25) is 0 Å². The number of aromatic nitrogens is 2. The molecule has 0 saturated heterocycles. The number of aliphatic hydroxyl groups is 1. The van der Waals surface area contributed by atoms with Crippen LogP contribution in [0.1, 0.15) is 27.7 Å². The Morgan fingerprint density at radius 3 is 2.48 bits per heavy atom. The Labute approximate surface area is 153 Å². The summed E-state index contributed by atoms with van der Waals surface area (Å²) >= 11 is 1.63. The molecule has 130 valence electrons. The fourth-order valence-corrected chi connectivity index (χ4v) is 3.16. The van der Waals surface area contributed by atoms with Gasteiger partial charge in [0.1, 0.15) is 5.65 Å². The zero-order valence-electron chi connectivity index (χ0n) is 15.1. The molecule has 0 radical (unpaired) electrons. The lowest BCUT2D eigenvalue weighted by atomic mass is 9.82. The second-order valence-electron chi connectivity index (χ2n) is 7.11. The van der Waals surface area contributed by atoms with Gasteiger partial charge in [0, 0.05) is 22.7 Å². The summed E-state index contributed by atoms with van der Waals surface area (Å²) in [7, 11) is 0.427. The van der Waals surface area contributed by atoms with E-state index in [-0.39, 0.29) is 0 Å². The number of fused-ring (bicyclic) bond motifs is 1. The van der Waals surface area contributed by atoms with E-state index < -0.39 is 11.2 Å². The normalized spacial score (nSPS) is 12.5. The maximum atomic E-state index is 10.3. The van der Waals surface area contributed by atoms with E-state index in [9.17, 15) is 5.11 Å². The van der Waals surface area contributed by atoms with Gasteiger partial charge in [-0.15, -0.1) is 0 Å². The third-order valence-electron chi connectivity index (χ3n) is 4.65. The first-order valence-corrected chi connectivity index (χ1v) is 9.10. The number of pyridine rings is 1. The van der Waals surface area contributed by atoms with Gasteiger partial charge in [-0.25, -0.2) is 4.98 Å². The van der Waals surface area contributed by atoms with Crippen LogP contribution in [-0.4, -0.2) is 32.7 Å². The molecular formula is C19H23BN2O2S. The zero-order valence-corrected chi connectivity index (χ0v) is 15.9. The van der Waals surface area contributed by atoms with E-state index in [0.717, 1.165) is 21.4 Å². The molecule has 0 aliphatic heterocycles. The molecular weight excluding hydrogens is 331 g/mol. The molecule has 6 heteroatoms. The molecule has 1 N–H and O–H groups in total. The molecule has 2 heterocycles. The van der Waals surface area contributed by atoms with Gasteiger partial charge in [0.15, 0.2) is 0 Å². The molecule has 0 unspecified atom stereocenters. The summed E-state index contributed by atoms with van der Waals surface area (Å²) in [6.45, 7) is 7.34. The summed E-state index contributed by atoms with van der Waals surface area (Å²) in [6, 6.07) is 14.3. The Kier molecular flexibility index (Phi) is 4.96. The molecule has 0 saturated carbocycles. The van der Waals surface area contributed by atoms with Gasteiger partial charge < -0.3 is 9.76 Å². The molecule has 0 aliphatic carbocycles. The summed E-state index contributed by atoms with van der Waals surface area (Å²) < 4.78 is 8.09. The van der Waals surface area contributed by atoms with Crippen LogP contribution in [0.4, 0.5) is 0 Å². The van der Waals surface area contributed by atoms with Crippen molar-refractivity contribution in [3.05, 3.63) is 54.9 Å². The first-order valence-electron chi connectivity index (χ1n) is 8.32. The average Bonchev–Trinajstić information content (AvgIpc) is 2.96. The lowest BCUT2D eigenvalue weighted by Crippen LogP contribution is -2.49. The molecule has 3 aromatic rings. The van der Waals surface area contributed by atoms with Gasteiger partial charge in [-0.2, -0.15) is 0 Å². The third kappa shape index (κ3) is 3.92. The maximum absolute atomic E-state index is 10.3. The number of hydrogen-bond donors (Lipinski definition) is 1. The fraction of sp³-hybridized carbons (Fsp3) is 0.316. The highest BCUT2D eigenvalue weighted by molar-refractivity contribution is 7.98.